The van der Waals surface area contributed by atoms with Crippen molar-refractivity contribution in [2.45, 2.75) is 45.8 Å². The average Bonchev–Trinajstić information content (AvgIpc) is 2.82. The number of carbonyl (C=O) groups excluding carboxylic acids is 1. The van der Waals surface area contributed by atoms with Crippen molar-refractivity contribution in [1.82, 2.24) is 10.1 Å². The lowest BCUT2D eigenvalue weighted by Crippen LogP contribution is -2.38. The second-order valence-corrected chi connectivity index (χ2v) is 5.45. The summed E-state index contributed by atoms with van der Waals surface area (Å²) in [5, 5.41) is 3.80. The molecule has 0 fully saturated rings. The molecule has 0 aliphatic rings. The van der Waals surface area contributed by atoms with Crippen LogP contribution in [-0.2, 0) is 11.3 Å². The van der Waals surface area contributed by atoms with Crippen molar-refractivity contribution in [3.63, 3.8) is 0 Å². The van der Waals surface area contributed by atoms with Crippen molar-refractivity contribution in [2.24, 2.45) is 0 Å². The first-order valence-electron chi connectivity index (χ1n) is 6.60. The fraction of sp³-hybridized carbons (Fsp3) is 0.714. The molecule has 1 rings (SSSR count). The van der Waals surface area contributed by atoms with Crippen molar-refractivity contribution in [3.05, 3.63) is 17.5 Å². The van der Waals surface area contributed by atoms with Gasteiger partial charge in [0.1, 0.15) is 12.3 Å². The average molecular weight is 268 g/mol. The number of carbonyl (C=O) groups is 1. The minimum Gasteiger partial charge on any atom is -0.374 e. The number of hydrogen-bond acceptors (Lipinski definition) is 5. The molecule has 0 radical (unpaired) electrons. The van der Waals surface area contributed by atoms with Crippen molar-refractivity contribution < 1.29 is 14.1 Å². The van der Waals surface area contributed by atoms with E-state index in [1.807, 2.05) is 21.0 Å². The van der Waals surface area contributed by atoms with E-state index in [1.165, 1.54) is 0 Å². The first kappa shape index (κ1) is 15.9. The van der Waals surface area contributed by atoms with E-state index in [2.05, 4.69) is 23.9 Å². The van der Waals surface area contributed by atoms with Gasteiger partial charge in [-0.2, -0.15) is 0 Å². The normalized spacial score (nSPS) is 12.1. The minimum absolute atomic E-state index is 0.00640. The van der Waals surface area contributed by atoms with Crippen molar-refractivity contribution in [1.29, 1.82) is 0 Å². The molecule has 0 aliphatic carbocycles. The fourth-order valence-corrected chi connectivity index (χ4v) is 1.49. The summed E-state index contributed by atoms with van der Waals surface area (Å²) in [4.78, 5) is 14.1. The van der Waals surface area contributed by atoms with Crippen LogP contribution in [0, 0.1) is 0 Å². The number of Topliss-reactive ketones (excluding diaryl/α,β-unsaturated/α-hetero) is 1. The second-order valence-electron chi connectivity index (χ2n) is 5.45. The third-order valence-electron chi connectivity index (χ3n) is 3.47. The van der Waals surface area contributed by atoms with E-state index in [0.29, 0.717) is 31.1 Å². The number of nitrogens with zero attached hydrogens (tertiary/aromatic N) is 2. The van der Waals surface area contributed by atoms with Crippen LogP contribution in [0.4, 0.5) is 0 Å². The van der Waals surface area contributed by atoms with Crippen molar-refractivity contribution in [2.75, 3.05) is 20.7 Å². The van der Waals surface area contributed by atoms with E-state index in [1.54, 1.807) is 6.07 Å². The topological polar surface area (TPSA) is 55.6 Å². The lowest BCUT2D eigenvalue weighted by atomic mass is 9.95. The van der Waals surface area contributed by atoms with E-state index in [9.17, 15) is 4.79 Å². The van der Waals surface area contributed by atoms with E-state index >= 15 is 0 Å². The van der Waals surface area contributed by atoms with E-state index < -0.39 is 0 Å². The molecular formula is C14H24N2O3. The van der Waals surface area contributed by atoms with E-state index in [-0.39, 0.29) is 11.3 Å². The monoisotopic (exact) mass is 268 g/mol. The zero-order chi connectivity index (χ0) is 14.5. The molecule has 1 aromatic rings. The van der Waals surface area contributed by atoms with Gasteiger partial charge in [-0.05, 0) is 41.3 Å². The number of rotatable bonds is 8. The highest BCUT2D eigenvalue weighted by Crippen LogP contribution is 2.19. The first-order valence-corrected chi connectivity index (χ1v) is 6.60. The third kappa shape index (κ3) is 4.76. The summed E-state index contributed by atoms with van der Waals surface area (Å²) in [7, 11) is 4.03. The SMILES string of the molecule is CCOCc1cc(C(=O)CCC(C)(C)N(C)C)no1. The molecule has 0 aliphatic heterocycles. The van der Waals surface area contributed by atoms with Crippen LogP contribution in [0.3, 0.4) is 0 Å². The molecule has 0 saturated carbocycles. The van der Waals surface area contributed by atoms with E-state index in [4.69, 9.17) is 9.26 Å². The first-order chi connectivity index (χ1) is 8.86. The summed E-state index contributed by atoms with van der Waals surface area (Å²) in [6, 6.07) is 1.67. The van der Waals surface area contributed by atoms with Gasteiger partial charge in [-0.15, -0.1) is 0 Å². The maximum absolute atomic E-state index is 12.0. The molecule has 5 nitrogen and oxygen atoms in total. The molecule has 1 aromatic heterocycles. The zero-order valence-electron chi connectivity index (χ0n) is 12.5. The van der Waals surface area contributed by atoms with Gasteiger partial charge < -0.3 is 14.2 Å². The molecule has 0 aromatic carbocycles. The Kier molecular flexibility index (Phi) is 5.69. The fourth-order valence-electron chi connectivity index (χ4n) is 1.49. The Hall–Kier alpha value is -1.20. The molecule has 0 bridgehead atoms. The minimum atomic E-state index is -0.00640. The van der Waals surface area contributed by atoms with E-state index in [0.717, 1.165) is 6.42 Å². The highest BCUT2D eigenvalue weighted by molar-refractivity contribution is 5.94. The summed E-state index contributed by atoms with van der Waals surface area (Å²) in [6.07, 6.45) is 1.25. The Bertz CT molecular complexity index is 411. The summed E-state index contributed by atoms with van der Waals surface area (Å²) in [5.74, 6) is 0.610. The molecule has 1 heterocycles. The van der Waals surface area contributed by atoms with Gasteiger partial charge in [-0.25, -0.2) is 0 Å². The van der Waals surface area contributed by atoms with Crippen LogP contribution >= 0.6 is 0 Å². The molecule has 0 saturated heterocycles. The number of ether oxygens (including phenoxy) is 1. The second kappa shape index (κ2) is 6.82. The molecule has 19 heavy (non-hydrogen) atoms. The highest BCUT2D eigenvalue weighted by atomic mass is 16.5. The smallest absolute Gasteiger partial charge is 0.184 e. The standard InChI is InChI=1S/C14H24N2O3/c1-6-18-10-11-9-12(15-19-11)13(17)7-8-14(2,3)16(4)5/h9H,6-8,10H2,1-5H3. The molecule has 0 unspecified atom stereocenters. The summed E-state index contributed by atoms with van der Waals surface area (Å²) >= 11 is 0. The van der Waals surface area contributed by atoms with Gasteiger partial charge in [0.05, 0.1) is 0 Å². The maximum Gasteiger partial charge on any atom is 0.184 e. The van der Waals surface area contributed by atoms with Gasteiger partial charge in [0.2, 0.25) is 0 Å². The predicted octanol–water partition coefficient (Wildman–Crippen LogP) is 2.51. The summed E-state index contributed by atoms with van der Waals surface area (Å²) in [6.45, 7) is 7.11. The van der Waals surface area contributed by atoms with Crippen LogP contribution in [0.2, 0.25) is 0 Å². The summed E-state index contributed by atoms with van der Waals surface area (Å²) < 4.78 is 10.3. The molecule has 0 amide bonds. The van der Waals surface area contributed by atoms with Gasteiger partial charge in [-0.1, -0.05) is 5.16 Å². The van der Waals surface area contributed by atoms with Crippen molar-refractivity contribution >= 4 is 5.78 Å². The zero-order valence-corrected chi connectivity index (χ0v) is 12.5. The Labute approximate surface area is 114 Å². The number of aromatic nitrogens is 1. The summed E-state index contributed by atoms with van der Waals surface area (Å²) in [5.41, 5.74) is 0.386. The molecule has 0 spiro atoms. The van der Waals surface area contributed by atoms with Crippen LogP contribution < -0.4 is 0 Å². The van der Waals surface area contributed by atoms with Gasteiger partial charge in [-0.3, -0.25) is 4.79 Å². The molecule has 0 N–H and O–H groups in total. The van der Waals surface area contributed by atoms with Crippen LogP contribution in [0.1, 0.15) is 49.9 Å². The van der Waals surface area contributed by atoms with Crippen LogP contribution in [0.5, 0.6) is 0 Å². The maximum atomic E-state index is 12.0. The quantitative estimate of drug-likeness (QED) is 0.678. The van der Waals surface area contributed by atoms with Gasteiger partial charge in [0.25, 0.3) is 0 Å². The number of hydrogen-bond donors (Lipinski definition) is 0. The van der Waals surface area contributed by atoms with Gasteiger partial charge in [0, 0.05) is 24.6 Å². The Balaban J connectivity index is 2.52. The van der Waals surface area contributed by atoms with Gasteiger partial charge >= 0.3 is 0 Å². The van der Waals surface area contributed by atoms with Crippen LogP contribution in [0.15, 0.2) is 10.6 Å². The van der Waals surface area contributed by atoms with Crippen LogP contribution in [-0.4, -0.2) is 42.1 Å². The predicted molar refractivity (Wildman–Crippen MR) is 73.2 cm³/mol. The van der Waals surface area contributed by atoms with Crippen LogP contribution in [0.25, 0.3) is 0 Å². The Morgan fingerprint density at radius 3 is 2.74 bits per heavy atom. The Morgan fingerprint density at radius 1 is 1.47 bits per heavy atom. The molecule has 5 heteroatoms. The highest BCUT2D eigenvalue weighted by Gasteiger charge is 2.23. The lowest BCUT2D eigenvalue weighted by Gasteiger charge is -2.32. The lowest BCUT2D eigenvalue weighted by molar-refractivity contribution is 0.0933. The third-order valence-corrected chi connectivity index (χ3v) is 3.47. The van der Waals surface area contributed by atoms with Gasteiger partial charge in [0.15, 0.2) is 11.5 Å². The van der Waals surface area contributed by atoms with Crippen molar-refractivity contribution in [3.8, 4) is 0 Å². The molecular weight excluding hydrogens is 244 g/mol. The molecule has 108 valence electrons. The largest absolute Gasteiger partial charge is 0.374 e. The number of ketones is 1. The Morgan fingerprint density at radius 2 is 2.16 bits per heavy atom. The molecule has 0 atom stereocenters.